The molecule has 1 nitrogen and oxygen atoms in total. The highest BCUT2D eigenvalue weighted by Gasteiger charge is 2.27. The Balaban J connectivity index is 2.16. The third-order valence-electron chi connectivity index (χ3n) is 4.45. The van der Waals surface area contributed by atoms with Crippen molar-refractivity contribution in [3.63, 3.8) is 0 Å². The summed E-state index contributed by atoms with van der Waals surface area (Å²) < 4.78 is 6.52. The first-order chi connectivity index (χ1) is 11.0. The van der Waals surface area contributed by atoms with E-state index < -0.39 is 8.32 Å². The number of hydrogen-bond donors (Lipinski definition) is 0. The summed E-state index contributed by atoms with van der Waals surface area (Å²) in [5, 5.41) is 0. The maximum Gasteiger partial charge on any atom is 0.184 e. The quantitative estimate of drug-likeness (QED) is 0.422. The number of allylic oxidation sites excluding steroid dienone is 2. The lowest BCUT2D eigenvalue weighted by Crippen LogP contribution is -2.35. The second-order valence-corrected chi connectivity index (χ2v) is 12.0. The first-order valence-corrected chi connectivity index (χ1v) is 12.4. The van der Waals surface area contributed by atoms with Crippen LogP contribution in [0.25, 0.3) is 0 Å². The number of hydrogen-bond acceptors (Lipinski definition) is 1. The minimum atomic E-state index is -1.50. The van der Waals surface area contributed by atoms with Gasteiger partial charge in [0.05, 0.1) is 6.10 Å². The molecule has 0 amide bonds. The van der Waals surface area contributed by atoms with E-state index in [9.17, 15) is 0 Å². The molecule has 0 saturated heterocycles. The SMILES string of the molecule is C=CC/C(CCc1ccccc1)=C1/CCCCC1O[Si](C)(C)C. The van der Waals surface area contributed by atoms with E-state index in [0.29, 0.717) is 6.10 Å². The van der Waals surface area contributed by atoms with Crippen molar-refractivity contribution >= 4 is 8.32 Å². The van der Waals surface area contributed by atoms with Crippen LogP contribution in [0.5, 0.6) is 0 Å². The van der Waals surface area contributed by atoms with Crippen molar-refractivity contribution in [3.8, 4) is 0 Å². The molecule has 0 aliphatic heterocycles. The summed E-state index contributed by atoms with van der Waals surface area (Å²) in [4.78, 5) is 0. The summed E-state index contributed by atoms with van der Waals surface area (Å²) >= 11 is 0. The van der Waals surface area contributed by atoms with E-state index in [0.717, 1.165) is 19.3 Å². The van der Waals surface area contributed by atoms with E-state index >= 15 is 0 Å². The van der Waals surface area contributed by atoms with Crippen LogP contribution in [0.15, 0.2) is 54.1 Å². The van der Waals surface area contributed by atoms with Crippen LogP contribution in [-0.4, -0.2) is 14.4 Å². The van der Waals surface area contributed by atoms with Gasteiger partial charge in [0, 0.05) is 0 Å². The van der Waals surface area contributed by atoms with Gasteiger partial charge < -0.3 is 4.43 Å². The summed E-state index contributed by atoms with van der Waals surface area (Å²) in [5.74, 6) is 0. The number of rotatable bonds is 7. The van der Waals surface area contributed by atoms with Gasteiger partial charge in [0.2, 0.25) is 0 Å². The van der Waals surface area contributed by atoms with Crippen molar-refractivity contribution in [1.29, 1.82) is 0 Å². The van der Waals surface area contributed by atoms with E-state index in [4.69, 9.17) is 4.43 Å². The fourth-order valence-electron chi connectivity index (χ4n) is 3.45. The van der Waals surface area contributed by atoms with E-state index in [2.05, 4.69) is 62.6 Å². The highest BCUT2D eigenvalue weighted by Crippen LogP contribution is 2.33. The fraction of sp³-hybridized carbons (Fsp3) is 0.524. The molecule has 1 aliphatic carbocycles. The molecule has 1 aliphatic rings. The Morgan fingerprint density at radius 3 is 2.61 bits per heavy atom. The van der Waals surface area contributed by atoms with Crippen molar-refractivity contribution in [2.24, 2.45) is 0 Å². The highest BCUT2D eigenvalue weighted by atomic mass is 28.4. The summed E-state index contributed by atoms with van der Waals surface area (Å²) in [6.45, 7) is 10.9. The largest absolute Gasteiger partial charge is 0.411 e. The van der Waals surface area contributed by atoms with Gasteiger partial charge in [-0.15, -0.1) is 6.58 Å². The zero-order valence-electron chi connectivity index (χ0n) is 15.1. The molecule has 0 spiro atoms. The molecule has 2 rings (SSSR count). The van der Waals surface area contributed by atoms with Gasteiger partial charge in [-0.2, -0.15) is 0 Å². The van der Waals surface area contributed by atoms with Gasteiger partial charge in [0.25, 0.3) is 0 Å². The van der Waals surface area contributed by atoms with Crippen LogP contribution in [0.4, 0.5) is 0 Å². The molecular weight excluding hydrogens is 296 g/mol. The van der Waals surface area contributed by atoms with Gasteiger partial charge in [0.15, 0.2) is 8.32 Å². The monoisotopic (exact) mass is 328 g/mol. The maximum absolute atomic E-state index is 6.52. The van der Waals surface area contributed by atoms with E-state index in [1.54, 1.807) is 11.1 Å². The summed E-state index contributed by atoms with van der Waals surface area (Å²) in [5.41, 5.74) is 4.59. The van der Waals surface area contributed by atoms with Crippen LogP contribution in [0.2, 0.25) is 19.6 Å². The van der Waals surface area contributed by atoms with Crippen LogP contribution >= 0.6 is 0 Å². The van der Waals surface area contributed by atoms with Crippen LogP contribution in [0, 0.1) is 0 Å². The zero-order valence-corrected chi connectivity index (χ0v) is 16.1. The molecule has 0 radical (unpaired) electrons. The lowest BCUT2D eigenvalue weighted by atomic mass is 9.85. The van der Waals surface area contributed by atoms with E-state index in [1.165, 1.54) is 31.2 Å². The molecule has 1 atom stereocenters. The summed E-state index contributed by atoms with van der Waals surface area (Å²) in [6.07, 6.45) is 10.7. The highest BCUT2D eigenvalue weighted by molar-refractivity contribution is 6.69. The van der Waals surface area contributed by atoms with Crippen LogP contribution in [0.3, 0.4) is 0 Å². The topological polar surface area (TPSA) is 9.23 Å². The third-order valence-corrected chi connectivity index (χ3v) is 5.44. The van der Waals surface area contributed by atoms with E-state index in [1.807, 2.05) is 0 Å². The average Bonchev–Trinajstić information content (AvgIpc) is 2.52. The third kappa shape index (κ3) is 6.12. The fourth-order valence-corrected chi connectivity index (χ4v) is 4.56. The molecule has 1 aromatic carbocycles. The van der Waals surface area contributed by atoms with Crippen LogP contribution < -0.4 is 0 Å². The normalized spacial score (nSPS) is 21.1. The van der Waals surface area contributed by atoms with Crippen molar-refractivity contribution in [2.45, 2.75) is 70.7 Å². The Labute approximate surface area is 143 Å². The molecule has 1 unspecified atom stereocenters. The Hall–Kier alpha value is -1.12. The predicted molar refractivity (Wildman–Crippen MR) is 103 cm³/mol. The van der Waals surface area contributed by atoms with Crippen LogP contribution in [-0.2, 0) is 10.8 Å². The first kappa shape index (κ1) is 18.2. The molecule has 126 valence electrons. The number of aryl methyl sites for hydroxylation is 1. The number of benzene rings is 1. The Morgan fingerprint density at radius 1 is 1.22 bits per heavy atom. The second-order valence-electron chi connectivity index (χ2n) is 7.57. The van der Waals surface area contributed by atoms with Gasteiger partial charge >= 0.3 is 0 Å². The first-order valence-electron chi connectivity index (χ1n) is 9.03. The van der Waals surface area contributed by atoms with Gasteiger partial charge in [-0.05, 0) is 69.3 Å². The standard InChI is InChI=1S/C21H32OSi/c1-5-11-19(17-16-18-12-7-6-8-13-18)20-14-9-10-15-21(20)22-23(2,3)4/h5-8,12-13,21H,1,9-11,14-17H2,2-4H3/b20-19+. The maximum atomic E-state index is 6.52. The van der Waals surface area contributed by atoms with Crippen molar-refractivity contribution < 1.29 is 4.43 Å². The molecule has 1 fully saturated rings. The van der Waals surface area contributed by atoms with E-state index in [-0.39, 0.29) is 0 Å². The molecule has 1 saturated carbocycles. The molecule has 0 bridgehead atoms. The Bertz CT molecular complexity index is 525. The van der Waals surface area contributed by atoms with Gasteiger partial charge in [-0.3, -0.25) is 0 Å². The lowest BCUT2D eigenvalue weighted by Gasteiger charge is -2.33. The average molecular weight is 329 g/mol. The van der Waals surface area contributed by atoms with Crippen molar-refractivity contribution in [3.05, 3.63) is 59.7 Å². The lowest BCUT2D eigenvalue weighted by molar-refractivity contribution is 0.194. The molecule has 0 N–H and O–H groups in total. The molecule has 2 heteroatoms. The van der Waals surface area contributed by atoms with Crippen molar-refractivity contribution in [2.75, 3.05) is 0 Å². The summed E-state index contributed by atoms with van der Waals surface area (Å²) in [7, 11) is -1.50. The smallest absolute Gasteiger partial charge is 0.184 e. The van der Waals surface area contributed by atoms with Crippen LogP contribution in [0.1, 0.15) is 44.1 Å². The molecule has 0 aromatic heterocycles. The summed E-state index contributed by atoms with van der Waals surface area (Å²) in [6, 6.07) is 10.8. The Kier molecular flexibility index (Phi) is 6.85. The van der Waals surface area contributed by atoms with Gasteiger partial charge in [-0.1, -0.05) is 48.4 Å². The predicted octanol–water partition coefficient (Wildman–Crippen LogP) is 6.29. The second kappa shape index (κ2) is 8.65. The Morgan fingerprint density at radius 2 is 1.96 bits per heavy atom. The zero-order chi connectivity index (χ0) is 16.7. The molecular formula is C21H32OSi. The van der Waals surface area contributed by atoms with Gasteiger partial charge in [-0.25, -0.2) is 0 Å². The molecule has 23 heavy (non-hydrogen) atoms. The molecule has 0 heterocycles. The van der Waals surface area contributed by atoms with Gasteiger partial charge in [0.1, 0.15) is 0 Å². The minimum absolute atomic E-state index is 0.362. The minimum Gasteiger partial charge on any atom is -0.411 e. The van der Waals surface area contributed by atoms with Crippen molar-refractivity contribution in [1.82, 2.24) is 0 Å². The molecule has 1 aromatic rings.